The Balaban J connectivity index is 1.65. The second-order valence-corrected chi connectivity index (χ2v) is 10.9. The third kappa shape index (κ3) is 7.63. The normalized spacial score (nSPS) is 12.0. The summed E-state index contributed by atoms with van der Waals surface area (Å²) in [5, 5.41) is 2.99. The molecule has 0 fully saturated rings. The number of anilines is 2. The predicted octanol–water partition coefficient (Wildman–Crippen LogP) is 2.98. The average Bonchev–Trinajstić information content (AvgIpc) is 2.91. The van der Waals surface area contributed by atoms with Gasteiger partial charge in [-0.1, -0.05) is 19.1 Å². The fourth-order valence-electron chi connectivity index (χ4n) is 3.76. The number of hydrogen-bond donors (Lipinski definition) is 2. The average molecular weight is 586 g/mol. The van der Waals surface area contributed by atoms with Crippen LogP contribution < -0.4 is 26.0 Å². The monoisotopic (exact) mass is 585 g/mol. The third-order valence-electron chi connectivity index (χ3n) is 5.79. The van der Waals surface area contributed by atoms with E-state index in [1.807, 2.05) is 4.72 Å². The summed E-state index contributed by atoms with van der Waals surface area (Å²) < 4.78 is 59.5. The van der Waals surface area contributed by atoms with Gasteiger partial charge in [-0.25, -0.2) is 27.0 Å². The van der Waals surface area contributed by atoms with E-state index in [0.717, 1.165) is 16.9 Å². The van der Waals surface area contributed by atoms with Crippen molar-refractivity contribution in [1.29, 1.82) is 0 Å². The van der Waals surface area contributed by atoms with Crippen LogP contribution in [0.25, 0.3) is 0 Å². The largest absolute Gasteiger partial charge is 0.436 e. The van der Waals surface area contributed by atoms with Gasteiger partial charge in [-0.05, 0) is 54.1 Å². The number of nitrogens with zero attached hydrogens (tertiary/aromatic N) is 3. The first-order valence-electron chi connectivity index (χ1n) is 12.2. The van der Waals surface area contributed by atoms with Crippen molar-refractivity contribution in [2.75, 3.05) is 11.6 Å². The van der Waals surface area contributed by atoms with E-state index >= 15 is 0 Å². The lowest BCUT2D eigenvalue weighted by atomic mass is 10.1. The quantitative estimate of drug-likeness (QED) is 0.289. The Morgan fingerprint density at radius 3 is 2.34 bits per heavy atom. The molecule has 4 rings (SSSR count). The Hall–Kier alpha value is -4.85. The summed E-state index contributed by atoms with van der Waals surface area (Å²) in [6.45, 7) is 0.925. The van der Waals surface area contributed by atoms with Gasteiger partial charge in [-0.2, -0.15) is 0 Å². The molecule has 2 N–H and O–H groups in total. The van der Waals surface area contributed by atoms with Crippen molar-refractivity contribution in [2.24, 2.45) is 5.92 Å². The molecule has 0 bridgehead atoms. The fraction of sp³-hybridized carbons (Fsp3) is 0.185. The van der Waals surface area contributed by atoms with E-state index in [0.29, 0.717) is 11.3 Å². The Bertz CT molecular complexity index is 1790. The van der Waals surface area contributed by atoms with E-state index in [1.165, 1.54) is 66.2 Å². The number of halogens is 2. The van der Waals surface area contributed by atoms with Gasteiger partial charge in [0.2, 0.25) is 15.9 Å². The Morgan fingerprint density at radius 2 is 1.71 bits per heavy atom. The summed E-state index contributed by atoms with van der Waals surface area (Å²) in [5.41, 5.74) is -0.527. The number of pyridine rings is 1. The van der Waals surface area contributed by atoms with Gasteiger partial charge in [-0.15, -0.1) is 0 Å². The molecule has 0 aliphatic rings. The van der Waals surface area contributed by atoms with Crippen molar-refractivity contribution in [1.82, 2.24) is 18.8 Å². The molecule has 0 radical (unpaired) electrons. The van der Waals surface area contributed by atoms with Crippen molar-refractivity contribution in [3.8, 4) is 11.6 Å². The fourth-order valence-corrected chi connectivity index (χ4v) is 4.33. The smallest absolute Gasteiger partial charge is 0.332 e. The molecule has 0 aliphatic carbocycles. The standard InChI is InChI=1S/C27H25F2N5O6S/c1-17(25(36)32-41(2,38)39)15-34-24(35)14-23(33(27(34)37)16-18-5-7-19(28)8-6-18)31-20-9-11-21(12-10-20)40-26-22(29)4-3-13-30-26/h3-14,17,31H,15-16H2,1-2H3,(H,32,36)/t17-/m0/s1. The number of benzene rings is 2. The van der Waals surface area contributed by atoms with Crippen LogP contribution in [0.3, 0.4) is 0 Å². The number of amides is 1. The zero-order valence-corrected chi connectivity index (χ0v) is 22.7. The molecule has 2 aromatic heterocycles. The predicted molar refractivity (Wildman–Crippen MR) is 147 cm³/mol. The summed E-state index contributed by atoms with van der Waals surface area (Å²) in [5.74, 6) is -2.84. The van der Waals surface area contributed by atoms with Crippen LogP contribution in [0.1, 0.15) is 12.5 Å². The number of carbonyl (C=O) groups excluding carboxylic acids is 1. The number of ether oxygens (including phenoxy) is 1. The highest BCUT2D eigenvalue weighted by Gasteiger charge is 2.21. The van der Waals surface area contributed by atoms with Crippen LogP contribution in [0.4, 0.5) is 20.3 Å². The number of rotatable bonds is 10. The molecular weight excluding hydrogens is 560 g/mol. The van der Waals surface area contributed by atoms with E-state index in [-0.39, 0.29) is 24.0 Å². The number of sulfonamides is 1. The van der Waals surface area contributed by atoms with Crippen molar-refractivity contribution in [3.05, 3.63) is 111 Å². The highest BCUT2D eigenvalue weighted by Crippen LogP contribution is 2.24. The summed E-state index contributed by atoms with van der Waals surface area (Å²) >= 11 is 0. The summed E-state index contributed by atoms with van der Waals surface area (Å²) in [7, 11) is -3.84. The molecule has 14 heteroatoms. The molecule has 2 aromatic carbocycles. The summed E-state index contributed by atoms with van der Waals surface area (Å²) in [6.07, 6.45) is 2.20. The minimum Gasteiger partial charge on any atom is -0.436 e. The molecule has 1 atom stereocenters. The van der Waals surface area contributed by atoms with Crippen LogP contribution in [0.5, 0.6) is 11.6 Å². The van der Waals surface area contributed by atoms with Gasteiger partial charge in [-0.3, -0.25) is 23.4 Å². The number of hydrogen-bond acceptors (Lipinski definition) is 8. The molecule has 0 spiro atoms. The topological polar surface area (TPSA) is 141 Å². The maximum atomic E-state index is 13.9. The van der Waals surface area contributed by atoms with Gasteiger partial charge in [0.1, 0.15) is 17.4 Å². The molecule has 0 aliphatic heterocycles. The van der Waals surface area contributed by atoms with Crippen LogP contribution in [0, 0.1) is 17.6 Å². The maximum absolute atomic E-state index is 13.9. The number of nitrogens with one attached hydrogen (secondary N) is 2. The number of carbonyl (C=O) groups is 1. The van der Waals surface area contributed by atoms with Crippen LogP contribution >= 0.6 is 0 Å². The van der Waals surface area contributed by atoms with Crippen molar-refractivity contribution in [2.45, 2.75) is 20.0 Å². The zero-order chi connectivity index (χ0) is 29.7. The molecule has 11 nitrogen and oxygen atoms in total. The summed E-state index contributed by atoms with van der Waals surface area (Å²) in [4.78, 5) is 42.6. The lowest BCUT2D eigenvalue weighted by Gasteiger charge is -2.18. The Labute approximate surface area is 233 Å². The zero-order valence-electron chi connectivity index (χ0n) is 21.9. The molecule has 1 amide bonds. The molecule has 0 saturated heterocycles. The summed E-state index contributed by atoms with van der Waals surface area (Å²) in [6, 6.07) is 15.4. The van der Waals surface area contributed by atoms with Gasteiger partial charge in [0.05, 0.1) is 18.7 Å². The Morgan fingerprint density at radius 1 is 1.02 bits per heavy atom. The van der Waals surface area contributed by atoms with E-state index in [9.17, 15) is 31.6 Å². The molecular formula is C27H25F2N5O6S. The first-order chi connectivity index (χ1) is 19.4. The van der Waals surface area contributed by atoms with Crippen LogP contribution in [0.15, 0.2) is 82.5 Å². The Kier molecular flexibility index (Phi) is 8.62. The molecule has 214 valence electrons. The van der Waals surface area contributed by atoms with Crippen molar-refractivity contribution in [3.63, 3.8) is 0 Å². The van der Waals surface area contributed by atoms with Gasteiger partial charge in [0, 0.05) is 24.5 Å². The van der Waals surface area contributed by atoms with E-state index in [1.54, 1.807) is 12.1 Å². The highest BCUT2D eigenvalue weighted by atomic mass is 32.2. The second-order valence-electron chi connectivity index (χ2n) is 9.15. The number of aromatic nitrogens is 3. The second kappa shape index (κ2) is 12.1. The minimum absolute atomic E-state index is 0.0637. The lowest BCUT2D eigenvalue weighted by molar-refractivity contribution is -0.123. The first kappa shape index (κ1) is 29.1. The van der Waals surface area contributed by atoms with E-state index in [2.05, 4.69) is 10.3 Å². The third-order valence-corrected chi connectivity index (χ3v) is 6.36. The lowest BCUT2D eigenvalue weighted by Crippen LogP contribution is -2.44. The van der Waals surface area contributed by atoms with Gasteiger partial charge >= 0.3 is 5.69 Å². The minimum atomic E-state index is -3.84. The van der Waals surface area contributed by atoms with Gasteiger partial charge < -0.3 is 10.1 Å². The van der Waals surface area contributed by atoms with Crippen LogP contribution in [-0.4, -0.2) is 34.7 Å². The highest BCUT2D eigenvalue weighted by molar-refractivity contribution is 7.89. The maximum Gasteiger partial charge on any atom is 0.332 e. The van der Waals surface area contributed by atoms with Crippen molar-refractivity contribution >= 4 is 27.4 Å². The first-order valence-corrected chi connectivity index (χ1v) is 14.0. The molecule has 2 heterocycles. The molecule has 0 saturated carbocycles. The van der Waals surface area contributed by atoms with Crippen molar-refractivity contribution < 1.29 is 26.7 Å². The van der Waals surface area contributed by atoms with Gasteiger partial charge in [0.15, 0.2) is 5.82 Å². The van der Waals surface area contributed by atoms with Crippen LogP contribution in [-0.2, 0) is 27.9 Å². The molecule has 4 aromatic rings. The van der Waals surface area contributed by atoms with Gasteiger partial charge in [0.25, 0.3) is 11.4 Å². The SMILES string of the molecule is C[C@@H](Cn1c(=O)cc(Nc2ccc(Oc3ncccc3F)cc2)n(Cc2ccc(F)cc2)c1=O)C(=O)NS(C)(=O)=O. The van der Waals surface area contributed by atoms with Crippen LogP contribution in [0.2, 0.25) is 0 Å². The van der Waals surface area contributed by atoms with E-state index < -0.39 is 51.3 Å². The molecule has 41 heavy (non-hydrogen) atoms. The molecule has 0 unspecified atom stereocenters. The van der Waals surface area contributed by atoms with E-state index in [4.69, 9.17) is 4.74 Å².